The van der Waals surface area contributed by atoms with Gasteiger partial charge in [0.15, 0.2) is 0 Å². The van der Waals surface area contributed by atoms with Gasteiger partial charge < -0.3 is 5.32 Å². The van der Waals surface area contributed by atoms with Crippen LogP contribution >= 0.6 is 22.9 Å². The van der Waals surface area contributed by atoms with Gasteiger partial charge in [0.2, 0.25) is 0 Å². The summed E-state index contributed by atoms with van der Waals surface area (Å²) in [7, 11) is 0. The van der Waals surface area contributed by atoms with Crippen molar-refractivity contribution in [1.29, 1.82) is 0 Å². The lowest BCUT2D eigenvalue weighted by atomic mass is 10.2. The van der Waals surface area contributed by atoms with E-state index in [2.05, 4.69) is 5.32 Å². The first-order valence-corrected chi connectivity index (χ1v) is 6.54. The Bertz CT molecular complexity index is 583. The van der Waals surface area contributed by atoms with E-state index in [0.717, 1.165) is 10.4 Å². The smallest absolute Gasteiger partial charge is 0.292 e. The Hall–Kier alpha value is -1.59. The average Bonchev–Trinajstić information content (AvgIpc) is 2.73. The first kappa shape index (κ1) is 12.9. The van der Waals surface area contributed by atoms with Crippen molar-refractivity contribution in [3.63, 3.8) is 0 Å². The van der Waals surface area contributed by atoms with Crippen LogP contribution in [0.15, 0.2) is 29.6 Å². The van der Waals surface area contributed by atoms with Crippen molar-refractivity contribution in [3.8, 4) is 0 Å². The van der Waals surface area contributed by atoms with Gasteiger partial charge in [0.05, 0.1) is 9.95 Å². The number of benzene rings is 1. The topological polar surface area (TPSA) is 55.2 Å². The van der Waals surface area contributed by atoms with Crippen LogP contribution in [0.25, 0.3) is 0 Å². The molecule has 1 aromatic carbocycles. The number of hydrogen-bond donors (Lipinski definition) is 1. The summed E-state index contributed by atoms with van der Waals surface area (Å²) in [4.78, 5) is 11.6. The van der Waals surface area contributed by atoms with Crippen molar-refractivity contribution < 1.29 is 4.92 Å². The van der Waals surface area contributed by atoms with Gasteiger partial charge in [-0.2, -0.15) is 0 Å². The maximum atomic E-state index is 10.9. The second kappa shape index (κ2) is 5.37. The van der Waals surface area contributed by atoms with Crippen molar-refractivity contribution >= 4 is 34.3 Å². The fourth-order valence-corrected chi connectivity index (χ4v) is 2.58. The predicted molar refractivity (Wildman–Crippen MR) is 74.5 cm³/mol. The number of aryl methyl sites for hydroxylation is 1. The number of rotatable bonds is 4. The SMILES string of the molecule is Cc1ccc(NCc2cc(Cl)cs2)c([N+](=O)[O-])c1. The first-order valence-electron chi connectivity index (χ1n) is 5.28. The number of anilines is 1. The van der Waals surface area contributed by atoms with Gasteiger partial charge in [-0.05, 0) is 24.6 Å². The van der Waals surface area contributed by atoms with Crippen molar-refractivity contribution in [2.24, 2.45) is 0 Å². The largest absolute Gasteiger partial charge is 0.375 e. The third-order valence-electron chi connectivity index (χ3n) is 2.42. The molecule has 0 aliphatic rings. The second-order valence-electron chi connectivity index (χ2n) is 3.86. The van der Waals surface area contributed by atoms with Gasteiger partial charge in [-0.25, -0.2) is 0 Å². The van der Waals surface area contributed by atoms with Crippen molar-refractivity contribution in [2.75, 3.05) is 5.32 Å². The van der Waals surface area contributed by atoms with Gasteiger partial charge in [-0.3, -0.25) is 10.1 Å². The molecule has 0 saturated carbocycles. The molecule has 0 fully saturated rings. The minimum Gasteiger partial charge on any atom is -0.375 e. The summed E-state index contributed by atoms with van der Waals surface area (Å²) in [5.74, 6) is 0. The van der Waals surface area contributed by atoms with Crippen molar-refractivity contribution in [3.05, 3.63) is 55.2 Å². The number of thiophene rings is 1. The van der Waals surface area contributed by atoms with E-state index in [1.807, 2.05) is 24.4 Å². The number of hydrogen-bond acceptors (Lipinski definition) is 4. The summed E-state index contributed by atoms with van der Waals surface area (Å²) in [5, 5.41) is 16.5. The van der Waals surface area contributed by atoms with E-state index in [4.69, 9.17) is 11.6 Å². The Labute approximate surface area is 113 Å². The van der Waals surface area contributed by atoms with Crippen LogP contribution in [0.4, 0.5) is 11.4 Å². The molecule has 0 saturated heterocycles. The van der Waals surface area contributed by atoms with E-state index in [1.165, 1.54) is 11.3 Å². The summed E-state index contributed by atoms with van der Waals surface area (Å²) in [6.45, 7) is 2.36. The molecule has 2 aromatic rings. The summed E-state index contributed by atoms with van der Waals surface area (Å²) in [5.41, 5.74) is 1.49. The fraction of sp³-hybridized carbons (Fsp3) is 0.167. The fourth-order valence-electron chi connectivity index (χ4n) is 1.57. The van der Waals surface area contributed by atoms with Crippen LogP contribution in [0.3, 0.4) is 0 Å². The minimum absolute atomic E-state index is 0.0950. The van der Waals surface area contributed by atoms with Gasteiger partial charge in [0, 0.05) is 22.9 Å². The molecule has 1 N–H and O–H groups in total. The Balaban J connectivity index is 2.16. The molecule has 4 nitrogen and oxygen atoms in total. The zero-order valence-electron chi connectivity index (χ0n) is 9.64. The van der Waals surface area contributed by atoms with E-state index in [0.29, 0.717) is 17.3 Å². The van der Waals surface area contributed by atoms with Crippen molar-refractivity contribution in [2.45, 2.75) is 13.5 Å². The summed E-state index contributed by atoms with van der Waals surface area (Å²) < 4.78 is 0. The average molecular weight is 283 g/mol. The second-order valence-corrected chi connectivity index (χ2v) is 5.29. The van der Waals surface area contributed by atoms with Gasteiger partial charge in [-0.15, -0.1) is 11.3 Å². The Kier molecular flexibility index (Phi) is 3.84. The molecule has 0 aliphatic heterocycles. The molecule has 18 heavy (non-hydrogen) atoms. The molecule has 0 amide bonds. The van der Waals surface area contributed by atoms with Crippen molar-refractivity contribution in [1.82, 2.24) is 0 Å². The zero-order chi connectivity index (χ0) is 13.1. The van der Waals surface area contributed by atoms with E-state index in [9.17, 15) is 10.1 Å². The molecule has 0 radical (unpaired) electrons. The van der Waals surface area contributed by atoms with Crippen LogP contribution in [0.2, 0.25) is 5.02 Å². The number of nitro benzene ring substituents is 1. The highest BCUT2D eigenvalue weighted by Crippen LogP contribution is 2.27. The molecular formula is C12H11ClN2O2S. The Morgan fingerprint density at radius 1 is 1.44 bits per heavy atom. The van der Waals surface area contributed by atoms with Crippen LogP contribution in [0.1, 0.15) is 10.4 Å². The highest BCUT2D eigenvalue weighted by molar-refractivity contribution is 7.10. The number of nitro groups is 1. The minimum atomic E-state index is -0.378. The highest BCUT2D eigenvalue weighted by Gasteiger charge is 2.13. The third kappa shape index (κ3) is 3.00. The van der Waals surface area contributed by atoms with Gasteiger partial charge in [0.25, 0.3) is 5.69 Å². The predicted octanol–water partition coefficient (Wildman–Crippen LogP) is 4.23. The third-order valence-corrected chi connectivity index (χ3v) is 3.71. The summed E-state index contributed by atoms with van der Waals surface area (Å²) in [6, 6.07) is 6.97. The first-order chi connectivity index (χ1) is 8.56. The maximum absolute atomic E-state index is 10.9. The van der Waals surface area contributed by atoms with E-state index < -0.39 is 0 Å². The highest BCUT2D eigenvalue weighted by atomic mass is 35.5. The molecule has 6 heteroatoms. The molecule has 0 atom stereocenters. The lowest BCUT2D eigenvalue weighted by Crippen LogP contribution is -2.01. The van der Waals surface area contributed by atoms with Crippen LogP contribution in [0, 0.1) is 17.0 Å². The van der Waals surface area contributed by atoms with Gasteiger partial charge >= 0.3 is 0 Å². The molecule has 0 unspecified atom stereocenters. The quantitative estimate of drug-likeness (QED) is 0.674. The lowest BCUT2D eigenvalue weighted by Gasteiger charge is -2.06. The van der Waals surface area contributed by atoms with Crippen LogP contribution in [0.5, 0.6) is 0 Å². The number of nitrogens with one attached hydrogen (secondary N) is 1. The summed E-state index contributed by atoms with van der Waals surface area (Å²) >= 11 is 7.34. The van der Waals surface area contributed by atoms with Crippen LogP contribution in [-0.4, -0.2) is 4.92 Å². The van der Waals surface area contributed by atoms with Gasteiger partial charge in [0.1, 0.15) is 5.69 Å². The van der Waals surface area contributed by atoms with Crippen LogP contribution < -0.4 is 5.32 Å². The monoisotopic (exact) mass is 282 g/mol. The Morgan fingerprint density at radius 2 is 2.22 bits per heavy atom. The molecule has 0 aliphatic carbocycles. The zero-order valence-corrected chi connectivity index (χ0v) is 11.2. The van der Waals surface area contributed by atoms with E-state index >= 15 is 0 Å². The molecule has 1 aromatic heterocycles. The summed E-state index contributed by atoms with van der Waals surface area (Å²) in [6.07, 6.45) is 0. The molecule has 94 valence electrons. The maximum Gasteiger partial charge on any atom is 0.292 e. The van der Waals surface area contributed by atoms with E-state index in [-0.39, 0.29) is 10.6 Å². The molecule has 2 rings (SSSR count). The molecule has 0 bridgehead atoms. The van der Waals surface area contributed by atoms with Gasteiger partial charge in [-0.1, -0.05) is 17.7 Å². The number of halogens is 1. The molecule has 1 heterocycles. The number of nitrogens with zero attached hydrogens (tertiary/aromatic N) is 1. The molecule has 0 spiro atoms. The van der Waals surface area contributed by atoms with Crippen LogP contribution in [-0.2, 0) is 6.54 Å². The van der Waals surface area contributed by atoms with E-state index in [1.54, 1.807) is 12.1 Å². The normalized spacial score (nSPS) is 10.3. The standard InChI is InChI=1S/C12H11ClN2O2S/c1-8-2-3-11(12(4-8)15(16)17)14-6-10-5-9(13)7-18-10/h2-5,7,14H,6H2,1H3. The Morgan fingerprint density at radius 3 is 2.83 bits per heavy atom. The molecular weight excluding hydrogens is 272 g/mol. The lowest BCUT2D eigenvalue weighted by molar-refractivity contribution is -0.384.